The minimum Gasteiger partial charge on any atom is -0.378 e. The first-order chi connectivity index (χ1) is 7.25. The van der Waals surface area contributed by atoms with Crippen molar-refractivity contribution < 1.29 is 0 Å². The van der Waals surface area contributed by atoms with E-state index in [-0.39, 0.29) is 0 Å². The van der Waals surface area contributed by atoms with E-state index < -0.39 is 0 Å². The van der Waals surface area contributed by atoms with Gasteiger partial charge in [0, 0.05) is 19.8 Å². The van der Waals surface area contributed by atoms with Crippen LogP contribution in [-0.4, -0.2) is 27.2 Å². The fraction of sp³-hybridized carbons (Fsp3) is 0.538. The molecule has 1 aromatic carbocycles. The molecule has 82 valence electrons. The zero-order valence-corrected chi connectivity index (χ0v) is 9.66. The van der Waals surface area contributed by atoms with Crippen molar-refractivity contribution in [2.45, 2.75) is 12.8 Å². The Morgan fingerprint density at radius 2 is 2.27 bits per heavy atom. The highest BCUT2D eigenvalue weighted by atomic mass is 15.1. The predicted octanol–water partition coefficient (Wildman–Crippen LogP) is 1.90. The maximum absolute atomic E-state index is 3.42. The second-order valence-corrected chi connectivity index (χ2v) is 4.63. The summed E-state index contributed by atoms with van der Waals surface area (Å²) in [5.74, 6) is 0.836. The minimum absolute atomic E-state index is 0.836. The third kappa shape index (κ3) is 2.72. The number of rotatable bonds is 3. The van der Waals surface area contributed by atoms with Gasteiger partial charge in [0.15, 0.2) is 0 Å². The van der Waals surface area contributed by atoms with Gasteiger partial charge in [-0.15, -0.1) is 0 Å². The van der Waals surface area contributed by atoms with Crippen LogP contribution < -0.4 is 10.2 Å². The van der Waals surface area contributed by atoms with Gasteiger partial charge in [0.2, 0.25) is 0 Å². The zero-order chi connectivity index (χ0) is 10.7. The molecule has 0 aromatic heterocycles. The molecule has 1 atom stereocenters. The molecule has 2 nitrogen and oxygen atoms in total. The molecule has 0 radical (unpaired) electrons. The van der Waals surface area contributed by atoms with E-state index in [0.29, 0.717) is 0 Å². The summed E-state index contributed by atoms with van der Waals surface area (Å²) in [4.78, 5) is 2.16. The van der Waals surface area contributed by atoms with Crippen molar-refractivity contribution in [2.75, 3.05) is 32.1 Å². The molecular weight excluding hydrogens is 184 g/mol. The summed E-state index contributed by atoms with van der Waals surface area (Å²) in [6.45, 7) is 2.38. The lowest BCUT2D eigenvalue weighted by Crippen LogP contribution is -2.12. The molecule has 0 spiro atoms. The van der Waals surface area contributed by atoms with Gasteiger partial charge in [0.25, 0.3) is 0 Å². The van der Waals surface area contributed by atoms with Crippen LogP contribution in [-0.2, 0) is 6.42 Å². The van der Waals surface area contributed by atoms with Crippen LogP contribution in [0.3, 0.4) is 0 Å². The number of nitrogens with one attached hydrogen (secondary N) is 1. The maximum Gasteiger partial charge on any atom is 0.0363 e. The molecule has 1 aliphatic rings. The summed E-state index contributed by atoms with van der Waals surface area (Å²) < 4.78 is 0. The lowest BCUT2D eigenvalue weighted by molar-refractivity contribution is 0.580. The molecule has 1 heterocycles. The molecule has 0 amide bonds. The van der Waals surface area contributed by atoms with Crippen molar-refractivity contribution in [3.63, 3.8) is 0 Å². The van der Waals surface area contributed by atoms with E-state index in [1.807, 2.05) is 0 Å². The highest BCUT2D eigenvalue weighted by Gasteiger charge is 2.14. The van der Waals surface area contributed by atoms with Crippen LogP contribution in [0.5, 0.6) is 0 Å². The zero-order valence-electron chi connectivity index (χ0n) is 9.66. The number of hydrogen-bond donors (Lipinski definition) is 1. The Balaban J connectivity index is 2.04. The third-order valence-electron chi connectivity index (χ3n) is 3.11. The second kappa shape index (κ2) is 4.67. The number of anilines is 1. The number of hydrogen-bond acceptors (Lipinski definition) is 2. The van der Waals surface area contributed by atoms with Crippen LogP contribution in [0.15, 0.2) is 24.3 Å². The van der Waals surface area contributed by atoms with Crippen molar-refractivity contribution >= 4 is 5.69 Å². The van der Waals surface area contributed by atoms with Gasteiger partial charge < -0.3 is 10.2 Å². The highest BCUT2D eigenvalue weighted by molar-refractivity contribution is 5.47. The molecule has 1 N–H and O–H groups in total. The molecule has 15 heavy (non-hydrogen) atoms. The Labute approximate surface area is 92.3 Å². The van der Waals surface area contributed by atoms with Gasteiger partial charge in [-0.25, -0.2) is 0 Å². The molecule has 1 saturated heterocycles. The Bertz CT molecular complexity index is 314. The topological polar surface area (TPSA) is 15.3 Å². The second-order valence-electron chi connectivity index (χ2n) is 4.63. The van der Waals surface area contributed by atoms with Gasteiger partial charge in [0.1, 0.15) is 0 Å². The Kier molecular flexibility index (Phi) is 3.27. The van der Waals surface area contributed by atoms with Crippen molar-refractivity contribution in [2.24, 2.45) is 5.92 Å². The normalized spacial score (nSPS) is 20.5. The Morgan fingerprint density at radius 1 is 1.40 bits per heavy atom. The first kappa shape index (κ1) is 10.5. The maximum atomic E-state index is 3.42. The van der Waals surface area contributed by atoms with E-state index in [1.165, 1.54) is 37.2 Å². The molecule has 2 rings (SSSR count). The average molecular weight is 204 g/mol. The first-order valence-electron chi connectivity index (χ1n) is 5.72. The van der Waals surface area contributed by atoms with E-state index >= 15 is 0 Å². The van der Waals surface area contributed by atoms with Crippen LogP contribution in [0, 0.1) is 5.92 Å². The Morgan fingerprint density at radius 3 is 2.93 bits per heavy atom. The minimum atomic E-state index is 0.836. The van der Waals surface area contributed by atoms with Gasteiger partial charge in [-0.05, 0) is 49.5 Å². The standard InChI is InChI=1S/C13H20N2/c1-15(2)13-5-3-4-11(9-13)8-12-6-7-14-10-12/h3-5,9,12,14H,6-8,10H2,1-2H3. The summed E-state index contributed by atoms with van der Waals surface area (Å²) in [5, 5.41) is 3.42. The SMILES string of the molecule is CN(C)c1cccc(CC2CCNC2)c1. The van der Waals surface area contributed by atoms with E-state index in [9.17, 15) is 0 Å². The summed E-state index contributed by atoms with van der Waals surface area (Å²) >= 11 is 0. The Hall–Kier alpha value is -1.02. The van der Waals surface area contributed by atoms with Crippen LogP contribution in [0.2, 0.25) is 0 Å². The number of nitrogens with zero attached hydrogens (tertiary/aromatic N) is 1. The highest BCUT2D eigenvalue weighted by Crippen LogP contribution is 2.19. The van der Waals surface area contributed by atoms with Gasteiger partial charge >= 0.3 is 0 Å². The van der Waals surface area contributed by atoms with Gasteiger partial charge in [-0.1, -0.05) is 12.1 Å². The van der Waals surface area contributed by atoms with Crippen molar-refractivity contribution in [3.05, 3.63) is 29.8 Å². The van der Waals surface area contributed by atoms with Crippen molar-refractivity contribution in [1.82, 2.24) is 5.32 Å². The fourth-order valence-corrected chi connectivity index (χ4v) is 2.18. The quantitative estimate of drug-likeness (QED) is 0.809. The molecule has 2 heteroatoms. The van der Waals surface area contributed by atoms with Gasteiger partial charge in [0.05, 0.1) is 0 Å². The average Bonchev–Trinajstić information content (AvgIpc) is 2.71. The lowest BCUT2D eigenvalue weighted by Gasteiger charge is -2.15. The predicted molar refractivity (Wildman–Crippen MR) is 65.4 cm³/mol. The van der Waals surface area contributed by atoms with E-state index in [0.717, 1.165) is 5.92 Å². The van der Waals surface area contributed by atoms with E-state index in [1.54, 1.807) is 0 Å². The largest absolute Gasteiger partial charge is 0.378 e. The lowest BCUT2D eigenvalue weighted by atomic mass is 9.98. The molecule has 0 saturated carbocycles. The summed E-state index contributed by atoms with van der Waals surface area (Å²) in [5.41, 5.74) is 2.77. The first-order valence-corrected chi connectivity index (χ1v) is 5.72. The molecule has 0 aliphatic carbocycles. The molecule has 0 bridgehead atoms. The molecule has 1 aromatic rings. The van der Waals surface area contributed by atoms with Gasteiger partial charge in [-0.3, -0.25) is 0 Å². The summed E-state index contributed by atoms with van der Waals surface area (Å²) in [6, 6.07) is 8.87. The monoisotopic (exact) mass is 204 g/mol. The van der Waals surface area contributed by atoms with E-state index in [4.69, 9.17) is 0 Å². The fourth-order valence-electron chi connectivity index (χ4n) is 2.18. The van der Waals surface area contributed by atoms with Crippen molar-refractivity contribution in [1.29, 1.82) is 0 Å². The van der Waals surface area contributed by atoms with Crippen LogP contribution >= 0.6 is 0 Å². The van der Waals surface area contributed by atoms with Gasteiger partial charge in [-0.2, -0.15) is 0 Å². The smallest absolute Gasteiger partial charge is 0.0363 e. The third-order valence-corrected chi connectivity index (χ3v) is 3.11. The van der Waals surface area contributed by atoms with Crippen LogP contribution in [0.4, 0.5) is 5.69 Å². The molecule has 1 unspecified atom stereocenters. The molecular formula is C13H20N2. The van der Waals surface area contributed by atoms with Crippen molar-refractivity contribution in [3.8, 4) is 0 Å². The van der Waals surface area contributed by atoms with E-state index in [2.05, 4.69) is 48.6 Å². The molecule has 1 fully saturated rings. The summed E-state index contributed by atoms with van der Waals surface area (Å²) in [6.07, 6.45) is 2.54. The number of benzene rings is 1. The van der Waals surface area contributed by atoms with Crippen LogP contribution in [0.1, 0.15) is 12.0 Å². The van der Waals surface area contributed by atoms with Crippen LogP contribution in [0.25, 0.3) is 0 Å². The molecule has 1 aliphatic heterocycles. The summed E-state index contributed by atoms with van der Waals surface area (Å²) in [7, 11) is 4.19.